The summed E-state index contributed by atoms with van der Waals surface area (Å²) in [6.07, 6.45) is 71.5. The number of phosphoric ester groups is 1. The van der Waals surface area contributed by atoms with E-state index in [1.54, 1.807) is 6.08 Å². The first-order chi connectivity index (χ1) is 32.5. The van der Waals surface area contributed by atoms with Crippen molar-refractivity contribution in [1.29, 1.82) is 0 Å². The molecule has 0 bridgehead atoms. The van der Waals surface area contributed by atoms with Gasteiger partial charge in [0.1, 0.15) is 13.2 Å². The second-order valence-corrected chi connectivity index (χ2v) is 19.9. The Morgan fingerprint density at radius 2 is 0.910 bits per heavy atom. The van der Waals surface area contributed by atoms with Gasteiger partial charge in [0, 0.05) is 6.42 Å². The number of rotatable bonds is 46. The van der Waals surface area contributed by atoms with Gasteiger partial charge in [0.25, 0.3) is 0 Å². The molecule has 3 atom stereocenters. The molecule has 0 fully saturated rings. The zero-order valence-electron chi connectivity index (χ0n) is 43.3. The standard InChI is InChI=1S/C58H99N2O6P/c1-6-8-10-12-14-16-18-20-21-22-23-24-25-26-27-28-29-30-31-32-33-34-35-36-37-38-39-40-42-44-46-48-50-52-58(62)59-56(55-66-67(63,64)65-54-53-60(3,4)5)57(61)51-49-47-45-43-41-19-17-15-13-11-9-7-2/h8,10,13-16,20-21,23-24,26-27,29-30,32-33,41,43,49,51,56-57,61H,6-7,9,11-12,17-19,22,25,28,31,34-40,42,44-48,50,52-55H2,1-5H3,(H-,59,62,63,64)/p+1/b10-8-,15-13+,16-14-,21-20-,24-23-,27-26-,30-29-,33-32-,43-41+,51-49+. The van der Waals surface area contributed by atoms with E-state index in [9.17, 15) is 19.4 Å². The van der Waals surface area contributed by atoms with Crippen LogP contribution in [-0.2, 0) is 18.4 Å². The number of nitrogens with one attached hydrogen (secondary N) is 1. The smallest absolute Gasteiger partial charge is 0.387 e. The maximum atomic E-state index is 12.9. The summed E-state index contributed by atoms with van der Waals surface area (Å²) in [5, 5.41) is 13.8. The van der Waals surface area contributed by atoms with Gasteiger partial charge in [0.05, 0.1) is 39.9 Å². The van der Waals surface area contributed by atoms with Gasteiger partial charge in [-0.25, -0.2) is 4.57 Å². The number of carbonyl (C=O) groups is 1. The lowest BCUT2D eigenvalue weighted by Gasteiger charge is -2.25. The Labute approximate surface area is 412 Å². The lowest BCUT2D eigenvalue weighted by Crippen LogP contribution is -2.45. The van der Waals surface area contributed by atoms with Crippen LogP contribution in [0.3, 0.4) is 0 Å². The molecule has 0 saturated carbocycles. The second-order valence-electron chi connectivity index (χ2n) is 18.5. The average Bonchev–Trinajstić information content (AvgIpc) is 3.29. The van der Waals surface area contributed by atoms with Gasteiger partial charge >= 0.3 is 7.82 Å². The van der Waals surface area contributed by atoms with Crippen LogP contribution in [-0.4, -0.2) is 73.4 Å². The van der Waals surface area contributed by atoms with Gasteiger partial charge in [-0.05, 0) is 96.3 Å². The van der Waals surface area contributed by atoms with Crippen LogP contribution in [0.2, 0.25) is 0 Å². The van der Waals surface area contributed by atoms with E-state index in [0.29, 0.717) is 17.4 Å². The molecular formula is C58H100N2O6P+. The highest BCUT2D eigenvalue weighted by Gasteiger charge is 2.27. The summed E-state index contributed by atoms with van der Waals surface area (Å²) in [5.74, 6) is -0.202. The third kappa shape index (κ3) is 50.6. The number of amides is 1. The van der Waals surface area contributed by atoms with Crippen LogP contribution in [0.1, 0.15) is 187 Å². The Kier molecular flexibility index (Phi) is 45.7. The molecular weight excluding hydrogens is 852 g/mol. The van der Waals surface area contributed by atoms with E-state index >= 15 is 0 Å². The largest absolute Gasteiger partial charge is 0.472 e. The van der Waals surface area contributed by atoms with Gasteiger partial charge in [0.15, 0.2) is 0 Å². The van der Waals surface area contributed by atoms with Crippen molar-refractivity contribution in [3.05, 3.63) is 122 Å². The van der Waals surface area contributed by atoms with Crippen molar-refractivity contribution in [2.45, 2.75) is 199 Å². The topological polar surface area (TPSA) is 105 Å². The van der Waals surface area contributed by atoms with Gasteiger partial charge in [-0.1, -0.05) is 206 Å². The summed E-state index contributed by atoms with van der Waals surface area (Å²) in [6.45, 7) is 4.59. The summed E-state index contributed by atoms with van der Waals surface area (Å²) in [7, 11) is 1.52. The van der Waals surface area contributed by atoms with Crippen molar-refractivity contribution in [3.63, 3.8) is 0 Å². The minimum atomic E-state index is -4.36. The molecule has 0 aliphatic rings. The minimum absolute atomic E-state index is 0.0468. The first-order valence-corrected chi connectivity index (χ1v) is 27.9. The molecule has 0 rings (SSSR count). The van der Waals surface area contributed by atoms with Gasteiger partial charge < -0.3 is 19.8 Å². The van der Waals surface area contributed by atoms with E-state index < -0.39 is 20.0 Å². The van der Waals surface area contributed by atoms with Gasteiger partial charge in [-0.3, -0.25) is 13.8 Å². The Hall–Kier alpha value is -3.10. The van der Waals surface area contributed by atoms with Gasteiger partial charge in [-0.2, -0.15) is 0 Å². The highest BCUT2D eigenvalue weighted by Crippen LogP contribution is 2.43. The number of quaternary nitrogens is 1. The number of allylic oxidation sites excluding steroid dienone is 19. The molecule has 8 nitrogen and oxygen atoms in total. The Morgan fingerprint density at radius 3 is 1.37 bits per heavy atom. The summed E-state index contributed by atoms with van der Waals surface area (Å²) >= 11 is 0. The van der Waals surface area contributed by atoms with Gasteiger partial charge in [0.2, 0.25) is 5.91 Å². The molecule has 0 spiro atoms. The average molecular weight is 952 g/mol. The predicted molar refractivity (Wildman–Crippen MR) is 290 cm³/mol. The molecule has 0 aromatic heterocycles. The van der Waals surface area contributed by atoms with Crippen LogP contribution in [0.4, 0.5) is 0 Å². The van der Waals surface area contributed by atoms with Crippen molar-refractivity contribution in [3.8, 4) is 0 Å². The molecule has 0 aliphatic carbocycles. The lowest BCUT2D eigenvalue weighted by molar-refractivity contribution is -0.870. The molecule has 382 valence electrons. The zero-order valence-corrected chi connectivity index (χ0v) is 44.2. The van der Waals surface area contributed by atoms with Gasteiger partial charge in [-0.15, -0.1) is 0 Å². The highest BCUT2D eigenvalue weighted by atomic mass is 31.2. The fourth-order valence-electron chi connectivity index (χ4n) is 6.74. The monoisotopic (exact) mass is 952 g/mol. The molecule has 0 aromatic carbocycles. The van der Waals surface area contributed by atoms with Crippen LogP contribution in [0.25, 0.3) is 0 Å². The Balaban J connectivity index is 4.17. The van der Waals surface area contributed by atoms with E-state index in [2.05, 4.69) is 129 Å². The fourth-order valence-corrected chi connectivity index (χ4v) is 7.48. The Morgan fingerprint density at radius 1 is 0.522 bits per heavy atom. The second kappa shape index (κ2) is 47.9. The van der Waals surface area contributed by atoms with E-state index in [1.807, 2.05) is 27.2 Å². The molecule has 3 N–H and O–H groups in total. The predicted octanol–water partition coefficient (Wildman–Crippen LogP) is 15.8. The Bertz CT molecular complexity index is 1500. The van der Waals surface area contributed by atoms with Crippen LogP contribution >= 0.6 is 7.82 Å². The number of hydrogen-bond acceptors (Lipinski definition) is 5. The third-order valence-corrected chi connectivity index (χ3v) is 11.9. The van der Waals surface area contributed by atoms with E-state index in [0.717, 1.165) is 96.3 Å². The molecule has 0 aliphatic heterocycles. The molecule has 1 amide bonds. The maximum absolute atomic E-state index is 12.9. The summed E-state index contributed by atoms with van der Waals surface area (Å²) < 4.78 is 23.6. The van der Waals surface area contributed by atoms with Crippen molar-refractivity contribution in [2.75, 3.05) is 40.9 Å². The molecule has 67 heavy (non-hydrogen) atoms. The number of carbonyl (C=O) groups excluding carboxylic acids is 1. The minimum Gasteiger partial charge on any atom is -0.387 e. The number of likely N-dealkylation sites (N-methyl/N-ethyl adjacent to an activating group) is 1. The number of aliphatic hydroxyl groups excluding tert-OH is 1. The van der Waals surface area contributed by atoms with Crippen LogP contribution in [0.15, 0.2) is 122 Å². The first kappa shape index (κ1) is 63.9. The van der Waals surface area contributed by atoms with Crippen LogP contribution in [0, 0.1) is 0 Å². The zero-order chi connectivity index (χ0) is 49.2. The number of unbranched alkanes of at least 4 members (excludes halogenated alkanes) is 15. The van der Waals surface area contributed by atoms with Crippen LogP contribution < -0.4 is 5.32 Å². The summed E-state index contributed by atoms with van der Waals surface area (Å²) in [4.78, 5) is 23.2. The third-order valence-electron chi connectivity index (χ3n) is 10.9. The fraction of sp³-hybridized carbons (Fsp3) is 0.638. The van der Waals surface area contributed by atoms with E-state index in [-0.39, 0.29) is 19.1 Å². The molecule has 3 unspecified atom stereocenters. The van der Waals surface area contributed by atoms with Crippen molar-refractivity contribution in [2.24, 2.45) is 0 Å². The molecule has 0 heterocycles. The van der Waals surface area contributed by atoms with E-state index in [4.69, 9.17) is 9.05 Å². The van der Waals surface area contributed by atoms with Crippen molar-refractivity contribution >= 4 is 13.7 Å². The molecule has 9 heteroatoms. The van der Waals surface area contributed by atoms with Crippen molar-refractivity contribution in [1.82, 2.24) is 5.32 Å². The molecule has 0 aromatic rings. The lowest BCUT2D eigenvalue weighted by atomic mass is 10.0. The number of phosphoric acid groups is 1. The SMILES string of the molecule is CC/C=C\C/C=C\C/C=C\C/C=C\C/C=C\C/C=C\C/C=C\CCCCCCCCCCCCCC(=O)NC(COP(=O)(O)OCC[N+](C)(C)C)C(O)/C=C/CC/C=C/CC/C=C/CCCC. The van der Waals surface area contributed by atoms with Crippen molar-refractivity contribution < 1.29 is 32.9 Å². The maximum Gasteiger partial charge on any atom is 0.472 e. The van der Waals surface area contributed by atoms with Crippen LogP contribution in [0.5, 0.6) is 0 Å². The summed E-state index contributed by atoms with van der Waals surface area (Å²) in [5.41, 5.74) is 0. The number of aliphatic hydroxyl groups is 1. The summed E-state index contributed by atoms with van der Waals surface area (Å²) in [6, 6.07) is -0.878. The molecule has 0 radical (unpaired) electrons. The first-order valence-electron chi connectivity index (χ1n) is 26.4. The molecule has 0 saturated heterocycles. The number of hydrogen-bond donors (Lipinski definition) is 3. The van der Waals surface area contributed by atoms with E-state index in [1.165, 1.54) is 70.6 Å². The quantitative estimate of drug-likeness (QED) is 0.0243. The normalized spacial score (nSPS) is 15.0. The highest BCUT2D eigenvalue weighted by molar-refractivity contribution is 7.47. The number of nitrogens with zero attached hydrogens (tertiary/aromatic N) is 1.